The zero-order valence-corrected chi connectivity index (χ0v) is 14.7. The number of nitrogens with zero attached hydrogens (tertiary/aromatic N) is 4. The van der Waals surface area contributed by atoms with Gasteiger partial charge in [0.1, 0.15) is 11.6 Å². The second kappa shape index (κ2) is 7.23. The zero-order chi connectivity index (χ0) is 17.1. The van der Waals surface area contributed by atoms with Crippen molar-refractivity contribution in [1.82, 2.24) is 15.3 Å². The van der Waals surface area contributed by atoms with Crippen molar-refractivity contribution in [3.05, 3.63) is 46.2 Å². The molecule has 1 aliphatic heterocycles. The molecule has 0 aliphatic carbocycles. The maximum atomic E-state index is 12.0. The second-order valence-electron chi connectivity index (χ2n) is 5.39. The van der Waals surface area contributed by atoms with E-state index >= 15 is 0 Å². The maximum absolute atomic E-state index is 12.0. The first kappa shape index (κ1) is 16.8. The monoisotopic (exact) mass is 365 g/mol. The summed E-state index contributed by atoms with van der Waals surface area (Å²) in [7, 11) is 1.62. The van der Waals surface area contributed by atoms with Crippen LogP contribution < -0.4 is 15.1 Å². The Bertz CT molecular complexity index is 747. The van der Waals surface area contributed by atoms with Crippen LogP contribution in [0.2, 0.25) is 10.0 Å². The van der Waals surface area contributed by atoms with E-state index in [2.05, 4.69) is 25.1 Å². The molecule has 8 heteroatoms. The Labute approximate surface area is 150 Å². The first-order valence-corrected chi connectivity index (χ1v) is 8.34. The number of pyridine rings is 2. The highest BCUT2D eigenvalue weighted by Crippen LogP contribution is 2.28. The van der Waals surface area contributed by atoms with E-state index < -0.39 is 0 Å². The highest BCUT2D eigenvalue weighted by molar-refractivity contribution is 6.36. The second-order valence-corrected chi connectivity index (χ2v) is 6.23. The Kier molecular flexibility index (Phi) is 5.06. The minimum Gasteiger partial charge on any atom is -0.355 e. The molecule has 2 aromatic heterocycles. The van der Waals surface area contributed by atoms with Crippen molar-refractivity contribution in [2.24, 2.45) is 0 Å². The van der Waals surface area contributed by atoms with Crippen LogP contribution in [0.3, 0.4) is 0 Å². The Morgan fingerprint density at radius 3 is 2.42 bits per heavy atom. The van der Waals surface area contributed by atoms with Crippen molar-refractivity contribution in [3.8, 4) is 0 Å². The smallest absolute Gasteiger partial charge is 0.254 e. The highest BCUT2D eigenvalue weighted by atomic mass is 35.5. The van der Waals surface area contributed by atoms with Gasteiger partial charge in [-0.15, -0.1) is 0 Å². The van der Waals surface area contributed by atoms with Crippen molar-refractivity contribution in [1.29, 1.82) is 0 Å². The molecule has 126 valence electrons. The van der Waals surface area contributed by atoms with Gasteiger partial charge in [-0.1, -0.05) is 23.2 Å². The third kappa shape index (κ3) is 3.39. The van der Waals surface area contributed by atoms with Crippen LogP contribution in [-0.4, -0.2) is 49.1 Å². The van der Waals surface area contributed by atoms with Crippen molar-refractivity contribution >= 4 is 40.7 Å². The standard InChI is InChI=1S/C16H17Cl2N5O/c1-19-16(24)12-3-2-4-20-14(12)22-5-7-23(8-6-22)15-13(18)9-11(17)10-21-15/h2-4,9-10H,5-8H2,1H3,(H,19,24). The SMILES string of the molecule is CNC(=O)c1cccnc1N1CCN(c2ncc(Cl)cc2Cl)CC1. The van der Waals surface area contributed by atoms with Gasteiger partial charge in [-0.25, -0.2) is 9.97 Å². The van der Waals surface area contributed by atoms with E-state index in [0.717, 1.165) is 32.0 Å². The number of hydrogen-bond acceptors (Lipinski definition) is 5. The fourth-order valence-corrected chi connectivity index (χ4v) is 3.23. The number of piperazine rings is 1. The minimum atomic E-state index is -0.136. The third-order valence-electron chi connectivity index (χ3n) is 3.93. The van der Waals surface area contributed by atoms with Gasteiger partial charge in [0, 0.05) is 45.6 Å². The normalized spacial score (nSPS) is 14.6. The summed E-state index contributed by atoms with van der Waals surface area (Å²) < 4.78 is 0. The van der Waals surface area contributed by atoms with Crippen molar-refractivity contribution in [2.75, 3.05) is 43.0 Å². The van der Waals surface area contributed by atoms with Crippen LogP contribution >= 0.6 is 23.2 Å². The lowest BCUT2D eigenvalue weighted by atomic mass is 10.2. The number of halogens is 2. The van der Waals surface area contributed by atoms with Gasteiger partial charge in [0.05, 0.1) is 15.6 Å². The molecule has 1 fully saturated rings. The van der Waals surface area contributed by atoms with Crippen molar-refractivity contribution in [2.45, 2.75) is 0 Å². The van der Waals surface area contributed by atoms with Gasteiger partial charge in [0.15, 0.2) is 0 Å². The number of nitrogens with one attached hydrogen (secondary N) is 1. The Morgan fingerprint density at radius 1 is 1.12 bits per heavy atom. The van der Waals surface area contributed by atoms with E-state index in [-0.39, 0.29) is 5.91 Å². The molecule has 2 aromatic rings. The summed E-state index contributed by atoms with van der Waals surface area (Å²) in [6, 6.07) is 5.24. The number of anilines is 2. The van der Waals surface area contributed by atoms with E-state index in [0.29, 0.717) is 21.4 Å². The molecule has 24 heavy (non-hydrogen) atoms. The quantitative estimate of drug-likeness (QED) is 0.904. The van der Waals surface area contributed by atoms with Crippen molar-refractivity contribution < 1.29 is 4.79 Å². The van der Waals surface area contributed by atoms with Gasteiger partial charge in [0.25, 0.3) is 5.91 Å². The van der Waals surface area contributed by atoms with Gasteiger partial charge in [0.2, 0.25) is 0 Å². The molecule has 0 spiro atoms. The molecule has 1 N–H and O–H groups in total. The molecule has 3 heterocycles. The fraction of sp³-hybridized carbons (Fsp3) is 0.312. The molecule has 1 amide bonds. The molecule has 3 rings (SSSR count). The fourth-order valence-electron chi connectivity index (χ4n) is 2.73. The summed E-state index contributed by atoms with van der Waals surface area (Å²) in [5.41, 5.74) is 0.580. The topological polar surface area (TPSA) is 61.4 Å². The average Bonchev–Trinajstić information content (AvgIpc) is 2.61. The van der Waals surface area contributed by atoms with Gasteiger partial charge < -0.3 is 15.1 Å². The average molecular weight is 366 g/mol. The lowest BCUT2D eigenvalue weighted by Crippen LogP contribution is -2.47. The largest absolute Gasteiger partial charge is 0.355 e. The number of rotatable bonds is 3. The summed E-state index contributed by atoms with van der Waals surface area (Å²) in [6.07, 6.45) is 3.29. The van der Waals surface area contributed by atoms with E-state index in [1.165, 1.54) is 0 Å². The minimum absolute atomic E-state index is 0.136. The van der Waals surface area contributed by atoms with Crippen molar-refractivity contribution in [3.63, 3.8) is 0 Å². The first-order valence-electron chi connectivity index (χ1n) is 7.58. The van der Waals surface area contributed by atoms with Crippen LogP contribution in [0.1, 0.15) is 10.4 Å². The number of amides is 1. The Hall–Kier alpha value is -2.05. The molecule has 0 unspecified atom stereocenters. The van der Waals surface area contributed by atoms with E-state index in [1.807, 2.05) is 0 Å². The summed E-state index contributed by atoms with van der Waals surface area (Å²) in [5, 5.41) is 3.71. The van der Waals surface area contributed by atoms with Crippen LogP contribution in [-0.2, 0) is 0 Å². The molecule has 0 radical (unpaired) electrons. The Balaban J connectivity index is 1.75. The lowest BCUT2D eigenvalue weighted by Gasteiger charge is -2.36. The number of carbonyl (C=O) groups excluding carboxylic acids is 1. The van der Waals surface area contributed by atoms with E-state index in [9.17, 15) is 4.79 Å². The van der Waals surface area contributed by atoms with Crippen LogP contribution in [0, 0.1) is 0 Å². The molecule has 6 nitrogen and oxygen atoms in total. The molecular weight excluding hydrogens is 349 g/mol. The predicted octanol–water partition coefficient (Wildman–Crippen LogP) is 2.47. The number of aromatic nitrogens is 2. The Morgan fingerprint density at radius 2 is 1.79 bits per heavy atom. The zero-order valence-electron chi connectivity index (χ0n) is 13.2. The maximum Gasteiger partial charge on any atom is 0.254 e. The predicted molar refractivity (Wildman–Crippen MR) is 96.3 cm³/mol. The number of hydrogen-bond donors (Lipinski definition) is 1. The van der Waals surface area contributed by atoms with Crippen LogP contribution in [0.4, 0.5) is 11.6 Å². The van der Waals surface area contributed by atoms with Gasteiger partial charge in [-0.05, 0) is 18.2 Å². The highest BCUT2D eigenvalue weighted by Gasteiger charge is 2.23. The van der Waals surface area contributed by atoms with E-state index in [1.54, 1.807) is 37.6 Å². The summed E-state index contributed by atoms with van der Waals surface area (Å²) in [4.78, 5) is 24.9. The summed E-state index contributed by atoms with van der Waals surface area (Å²) in [5.74, 6) is 1.29. The number of carbonyl (C=O) groups is 1. The van der Waals surface area contributed by atoms with E-state index in [4.69, 9.17) is 23.2 Å². The van der Waals surface area contributed by atoms with Gasteiger partial charge >= 0.3 is 0 Å². The summed E-state index contributed by atoms with van der Waals surface area (Å²) in [6.45, 7) is 2.92. The van der Waals surface area contributed by atoms with Crippen LogP contribution in [0.25, 0.3) is 0 Å². The van der Waals surface area contributed by atoms with Gasteiger partial charge in [-0.2, -0.15) is 0 Å². The van der Waals surface area contributed by atoms with Gasteiger partial charge in [-0.3, -0.25) is 4.79 Å². The molecule has 0 aromatic carbocycles. The molecule has 0 atom stereocenters. The molecule has 1 aliphatic rings. The first-order chi connectivity index (χ1) is 11.6. The third-order valence-corrected chi connectivity index (χ3v) is 4.41. The van der Waals surface area contributed by atoms with Crippen LogP contribution in [0.5, 0.6) is 0 Å². The molecule has 1 saturated heterocycles. The van der Waals surface area contributed by atoms with Crippen LogP contribution in [0.15, 0.2) is 30.6 Å². The summed E-state index contributed by atoms with van der Waals surface area (Å²) >= 11 is 12.1. The lowest BCUT2D eigenvalue weighted by molar-refractivity contribution is 0.0963. The molecule has 0 bridgehead atoms. The molecular formula is C16H17Cl2N5O. The molecule has 0 saturated carbocycles.